The third-order valence-corrected chi connectivity index (χ3v) is 5.17. The van der Waals surface area contributed by atoms with Crippen LogP contribution in [0.4, 0.5) is 11.4 Å². The smallest absolute Gasteiger partial charge is 0.326 e. The molecule has 2 aromatic carbocycles. The summed E-state index contributed by atoms with van der Waals surface area (Å²) in [6.45, 7) is 3.05. The number of nitro benzene ring substituents is 1. The second kappa shape index (κ2) is 9.30. The first-order chi connectivity index (χ1) is 14.8. The predicted molar refractivity (Wildman–Crippen MR) is 114 cm³/mol. The minimum absolute atomic E-state index is 0.161. The largest absolute Gasteiger partial charge is 0.465 e. The Hall–Kier alpha value is -3.86. The number of thiazole rings is 1. The molecule has 0 saturated carbocycles. The number of para-hydroxylation sites is 1. The Morgan fingerprint density at radius 3 is 2.65 bits per heavy atom. The van der Waals surface area contributed by atoms with Gasteiger partial charge >= 0.3 is 5.97 Å². The number of hydrogen-bond acceptors (Lipinski definition) is 7. The highest BCUT2D eigenvalue weighted by molar-refractivity contribution is 7.16. The van der Waals surface area contributed by atoms with Crippen molar-refractivity contribution in [2.75, 3.05) is 11.9 Å². The monoisotopic (exact) mass is 442 g/mol. The highest BCUT2D eigenvalue weighted by atomic mass is 32.1. The van der Waals surface area contributed by atoms with Gasteiger partial charge in [-0.25, -0.2) is 0 Å². The summed E-state index contributed by atoms with van der Waals surface area (Å²) >= 11 is 1.11. The average Bonchev–Trinajstić information content (AvgIpc) is 3.03. The van der Waals surface area contributed by atoms with E-state index in [1.165, 1.54) is 35.8 Å². The maximum atomic E-state index is 12.7. The van der Waals surface area contributed by atoms with Crippen LogP contribution in [0.1, 0.15) is 24.2 Å². The summed E-state index contributed by atoms with van der Waals surface area (Å²) in [7, 11) is 0. The van der Waals surface area contributed by atoms with Crippen molar-refractivity contribution in [3.8, 4) is 0 Å². The molecular weight excluding hydrogens is 424 g/mol. The van der Waals surface area contributed by atoms with Crippen molar-refractivity contribution in [2.45, 2.75) is 20.4 Å². The Morgan fingerprint density at radius 2 is 1.97 bits per heavy atom. The Balaban J connectivity index is 2.15. The average molecular weight is 442 g/mol. The number of hydrogen-bond donors (Lipinski definition) is 1. The summed E-state index contributed by atoms with van der Waals surface area (Å²) in [5.41, 5.74) is 0.621. The third kappa shape index (κ3) is 5.01. The van der Waals surface area contributed by atoms with Gasteiger partial charge in [0.1, 0.15) is 12.1 Å². The van der Waals surface area contributed by atoms with Crippen molar-refractivity contribution in [3.63, 3.8) is 0 Å². The van der Waals surface area contributed by atoms with E-state index in [2.05, 4.69) is 10.3 Å². The molecule has 0 saturated heterocycles. The topological polar surface area (TPSA) is 133 Å². The van der Waals surface area contributed by atoms with Gasteiger partial charge in [0.25, 0.3) is 11.6 Å². The summed E-state index contributed by atoms with van der Waals surface area (Å²) in [6, 6.07) is 10.5. The summed E-state index contributed by atoms with van der Waals surface area (Å²) in [5.74, 6) is -1.57. The molecule has 0 aliphatic carbocycles. The van der Waals surface area contributed by atoms with Gasteiger partial charge in [-0.1, -0.05) is 23.5 Å². The quantitative estimate of drug-likeness (QED) is 0.355. The third-order valence-electron chi connectivity index (χ3n) is 4.12. The first kappa shape index (κ1) is 21.8. The number of anilines is 1. The number of benzene rings is 2. The second-order valence-electron chi connectivity index (χ2n) is 6.33. The molecule has 0 spiro atoms. The fourth-order valence-corrected chi connectivity index (χ4v) is 3.96. The molecule has 0 aliphatic heterocycles. The molecule has 160 valence electrons. The van der Waals surface area contributed by atoms with E-state index in [4.69, 9.17) is 4.74 Å². The molecule has 0 atom stereocenters. The first-order valence-corrected chi connectivity index (χ1v) is 10.0. The van der Waals surface area contributed by atoms with Gasteiger partial charge in [0.2, 0.25) is 5.91 Å². The lowest BCUT2D eigenvalue weighted by Crippen LogP contribution is -2.23. The summed E-state index contributed by atoms with van der Waals surface area (Å²) in [4.78, 5) is 51.0. The zero-order valence-corrected chi connectivity index (χ0v) is 17.5. The molecule has 3 aromatic rings. The van der Waals surface area contributed by atoms with Crippen LogP contribution in [0.5, 0.6) is 0 Å². The van der Waals surface area contributed by atoms with E-state index in [1.807, 2.05) is 0 Å². The van der Waals surface area contributed by atoms with E-state index in [-0.39, 0.29) is 35.1 Å². The highest BCUT2D eigenvalue weighted by Crippen LogP contribution is 2.23. The van der Waals surface area contributed by atoms with E-state index < -0.39 is 16.8 Å². The van der Waals surface area contributed by atoms with Crippen LogP contribution in [0.15, 0.2) is 47.5 Å². The van der Waals surface area contributed by atoms with Gasteiger partial charge in [0, 0.05) is 18.7 Å². The number of nitrogens with zero attached hydrogens (tertiary/aromatic N) is 3. The van der Waals surface area contributed by atoms with Crippen molar-refractivity contribution >= 4 is 50.7 Å². The number of rotatable bonds is 6. The molecule has 31 heavy (non-hydrogen) atoms. The number of carbonyl (C=O) groups is 3. The van der Waals surface area contributed by atoms with Crippen molar-refractivity contribution in [2.24, 2.45) is 4.99 Å². The molecule has 0 aliphatic rings. The Kier molecular flexibility index (Phi) is 6.55. The number of carbonyl (C=O) groups excluding carboxylic acids is 3. The van der Waals surface area contributed by atoms with Crippen LogP contribution in [0.2, 0.25) is 0 Å². The number of aromatic nitrogens is 1. The fourth-order valence-electron chi connectivity index (χ4n) is 2.89. The normalized spacial score (nSPS) is 11.4. The van der Waals surface area contributed by atoms with Crippen LogP contribution >= 0.6 is 11.3 Å². The lowest BCUT2D eigenvalue weighted by Gasteiger charge is -2.06. The summed E-state index contributed by atoms with van der Waals surface area (Å²) in [6.07, 6.45) is 0. The van der Waals surface area contributed by atoms with E-state index in [0.717, 1.165) is 11.3 Å². The van der Waals surface area contributed by atoms with Gasteiger partial charge in [0.15, 0.2) is 4.80 Å². The molecule has 0 radical (unpaired) electrons. The number of nitro groups is 1. The molecule has 0 unspecified atom stereocenters. The number of ether oxygens (including phenoxy) is 1. The van der Waals surface area contributed by atoms with Crippen LogP contribution in [0.25, 0.3) is 10.2 Å². The highest BCUT2D eigenvalue weighted by Gasteiger charge is 2.20. The molecule has 1 N–H and O–H groups in total. The van der Waals surface area contributed by atoms with Gasteiger partial charge in [-0.3, -0.25) is 24.5 Å². The second-order valence-corrected chi connectivity index (χ2v) is 7.34. The lowest BCUT2D eigenvalue weighted by atomic mass is 10.2. The fraction of sp³-hybridized carbons (Fsp3) is 0.200. The van der Waals surface area contributed by atoms with Crippen LogP contribution in [0.3, 0.4) is 0 Å². The van der Waals surface area contributed by atoms with Crippen molar-refractivity contribution in [1.82, 2.24) is 4.57 Å². The summed E-state index contributed by atoms with van der Waals surface area (Å²) in [5, 5.41) is 13.9. The molecule has 10 nitrogen and oxygen atoms in total. The van der Waals surface area contributed by atoms with Crippen LogP contribution in [-0.4, -0.2) is 33.9 Å². The van der Waals surface area contributed by atoms with Crippen LogP contribution < -0.4 is 10.1 Å². The minimum atomic E-state index is -0.807. The van der Waals surface area contributed by atoms with E-state index >= 15 is 0 Å². The van der Waals surface area contributed by atoms with Gasteiger partial charge in [-0.15, -0.1) is 0 Å². The zero-order chi connectivity index (χ0) is 22.5. The van der Waals surface area contributed by atoms with Crippen LogP contribution in [0, 0.1) is 10.1 Å². The molecule has 2 amide bonds. The number of amides is 2. The van der Waals surface area contributed by atoms with Gasteiger partial charge in [0.05, 0.1) is 21.7 Å². The van der Waals surface area contributed by atoms with E-state index in [9.17, 15) is 24.5 Å². The first-order valence-electron chi connectivity index (χ1n) is 9.19. The Bertz CT molecular complexity index is 1260. The molecule has 3 rings (SSSR count). The SMILES string of the molecule is CCOC(=O)Cn1c(=NC(=O)c2ccccc2[N+](=O)[O-])sc2cc(NC(C)=O)ccc21. The Morgan fingerprint density at radius 1 is 1.23 bits per heavy atom. The van der Waals surface area contributed by atoms with Gasteiger partial charge < -0.3 is 14.6 Å². The molecule has 0 bridgehead atoms. The molecular formula is C20H18N4O6S. The van der Waals surface area contributed by atoms with Gasteiger partial charge in [-0.05, 0) is 31.2 Å². The van der Waals surface area contributed by atoms with Crippen molar-refractivity contribution < 1.29 is 24.0 Å². The molecule has 1 aromatic heterocycles. The van der Waals surface area contributed by atoms with Crippen LogP contribution in [-0.2, 0) is 20.9 Å². The molecule has 0 fully saturated rings. The molecule has 1 heterocycles. The van der Waals surface area contributed by atoms with E-state index in [1.54, 1.807) is 25.1 Å². The van der Waals surface area contributed by atoms with E-state index in [0.29, 0.717) is 15.9 Å². The Labute approximate surface area is 179 Å². The number of esters is 1. The summed E-state index contributed by atoms with van der Waals surface area (Å²) < 4.78 is 7.17. The van der Waals surface area contributed by atoms with Crippen molar-refractivity contribution in [3.05, 3.63) is 62.9 Å². The van der Waals surface area contributed by atoms with Crippen molar-refractivity contribution in [1.29, 1.82) is 0 Å². The maximum absolute atomic E-state index is 12.7. The number of nitrogens with one attached hydrogen (secondary N) is 1. The number of fused-ring (bicyclic) bond motifs is 1. The zero-order valence-electron chi connectivity index (χ0n) is 16.7. The maximum Gasteiger partial charge on any atom is 0.326 e. The van der Waals surface area contributed by atoms with Gasteiger partial charge in [-0.2, -0.15) is 4.99 Å². The standard InChI is InChI=1S/C20H18N4O6S/c1-3-30-18(26)11-23-16-9-8-13(21-12(2)25)10-17(16)31-20(23)22-19(27)14-6-4-5-7-15(14)24(28)29/h4-10H,3,11H2,1-2H3,(H,21,25). The predicted octanol–water partition coefficient (Wildman–Crippen LogP) is 2.87. The lowest BCUT2D eigenvalue weighted by molar-refractivity contribution is -0.385. The minimum Gasteiger partial charge on any atom is -0.465 e. The molecule has 11 heteroatoms.